The molecule has 0 unspecified atom stereocenters. The Hall–Kier alpha value is -2.06. The van der Waals surface area contributed by atoms with Gasteiger partial charge in [-0.05, 0) is 30.5 Å². The maximum absolute atomic E-state index is 12.2. The first-order chi connectivity index (χ1) is 10.0. The van der Waals surface area contributed by atoms with Crippen LogP contribution in [0.15, 0.2) is 28.6 Å². The number of anilines is 1. The molecule has 0 aliphatic rings. The van der Waals surface area contributed by atoms with E-state index in [9.17, 15) is 9.59 Å². The molecule has 110 valence electrons. The number of thiazole rings is 1. The largest absolute Gasteiger partial charge is 0.497 e. The lowest BCUT2D eigenvalue weighted by molar-refractivity contribution is 0.0996. The Morgan fingerprint density at radius 3 is 2.52 bits per heavy atom. The minimum absolute atomic E-state index is 0.0752. The number of hydrogen-bond acceptors (Lipinski definition) is 6. The molecule has 0 aliphatic heterocycles. The summed E-state index contributed by atoms with van der Waals surface area (Å²) in [5.74, 6) is -0.347. The maximum atomic E-state index is 12.2. The number of hydrogen-bond donors (Lipinski definition) is 2. The molecule has 0 saturated carbocycles. The van der Waals surface area contributed by atoms with Crippen molar-refractivity contribution in [2.24, 2.45) is 5.73 Å². The van der Waals surface area contributed by atoms with Crippen molar-refractivity contribution < 1.29 is 14.3 Å². The number of nitrogens with one attached hydrogen (secondary N) is 1. The van der Waals surface area contributed by atoms with Crippen molar-refractivity contribution in [3.63, 3.8) is 0 Å². The van der Waals surface area contributed by atoms with E-state index in [4.69, 9.17) is 10.5 Å². The van der Waals surface area contributed by atoms with E-state index in [-0.39, 0.29) is 11.6 Å². The summed E-state index contributed by atoms with van der Waals surface area (Å²) in [5, 5.41) is 3.02. The van der Waals surface area contributed by atoms with E-state index in [2.05, 4.69) is 10.3 Å². The highest BCUT2D eigenvalue weighted by Crippen LogP contribution is 2.30. The van der Waals surface area contributed by atoms with Crippen LogP contribution < -0.4 is 15.8 Å². The first-order valence-electron chi connectivity index (χ1n) is 5.85. The summed E-state index contributed by atoms with van der Waals surface area (Å²) >= 11 is 2.59. The smallest absolute Gasteiger partial charge is 0.270 e. The fourth-order valence-electron chi connectivity index (χ4n) is 1.56. The first kappa shape index (κ1) is 15.3. The van der Waals surface area contributed by atoms with Gasteiger partial charge in [-0.1, -0.05) is 23.1 Å². The van der Waals surface area contributed by atoms with Crippen molar-refractivity contribution in [1.82, 2.24) is 4.98 Å². The van der Waals surface area contributed by atoms with E-state index in [1.165, 1.54) is 23.1 Å². The van der Waals surface area contributed by atoms with Crippen molar-refractivity contribution in [1.29, 1.82) is 0 Å². The summed E-state index contributed by atoms with van der Waals surface area (Å²) in [4.78, 5) is 27.6. The van der Waals surface area contributed by atoms with Crippen LogP contribution in [0.2, 0.25) is 0 Å². The van der Waals surface area contributed by atoms with Crippen LogP contribution in [-0.2, 0) is 0 Å². The van der Waals surface area contributed by atoms with Gasteiger partial charge < -0.3 is 15.8 Å². The van der Waals surface area contributed by atoms with E-state index < -0.39 is 5.91 Å². The van der Waals surface area contributed by atoms with Crippen LogP contribution in [0.5, 0.6) is 5.75 Å². The molecule has 0 aliphatic carbocycles. The zero-order chi connectivity index (χ0) is 15.4. The summed E-state index contributed by atoms with van der Waals surface area (Å²) in [6.07, 6.45) is 1.83. The molecule has 0 atom stereocenters. The van der Waals surface area contributed by atoms with Gasteiger partial charge in [-0.25, -0.2) is 4.98 Å². The second-order valence-corrected chi connectivity index (χ2v) is 5.96. The minimum atomic E-state index is -0.670. The Kier molecular flexibility index (Phi) is 4.81. The predicted octanol–water partition coefficient (Wildman–Crippen LogP) is 2.22. The molecule has 2 rings (SSSR count). The van der Waals surface area contributed by atoms with Crippen molar-refractivity contribution >= 4 is 39.9 Å². The van der Waals surface area contributed by atoms with E-state index >= 15 is 0 Å². The Labute approximate surface area is 129 Å². The van der Waals surface area contributed by atoms with Crippen LogP contribution in [0.3, 0.4) is 0 Å². The number of nitrogens with two attached hydrogens (primary N) is 1. The molecule has 0 radical (unpaired) electrons. The number of methoxy groups -OCH3 is 1. The predicted molar refractivity (Wildman–Crippen MR) is 83.4 cm³/mol. The number of primary amides is 1. The van der Waals surface area contributed by atoms with Crippen LogP contribution in [0.4, 0.5) is 5.00 Å². The third-order valence-corrected chi connectivity index (χ3v) is 4.55. The van der Waals surface area contributed by atoms with Gasteiger partial charge in [0.05, 0.1) is 7.11 Å². The minimum Gasteiger partial charge on any atom is -0.497 e. The summed E-state index contributed by atoms with van der Waals surface area (Å²) < 4.78 is 5.69. The number of carbonyl (C=O) groups is 2. The third kappa shape index (κ3) is 3.53. The molecule has 0 spiro atoms. The lowest BCUT2D eigenvalue weighted by atomic mass is 10.2. The number of nitrogens with zero attached hydrogens (tertiary/aromatic N) is 1. The molecule has 2 amide bonds. The van der Waals surface area contributed by atoms with Gasteiger partial charge in [0.1, 0.15) is 10.8 Å². The summed E-state index contributed by atoms with van der Waals surface area (Å²) in [6, 6.07) is 6.64. The molecular formula is C13H13N3O3S2. The zero-order valence-electron chi connectivity index (χ0n) is 11.4. The van der Waals surface area contributed by atoms with Gasteiger partial charge in [-0.2, -0.15) is 0 Å². The number of carbonyl (C=O) groups excluding carboxylic acids is 2. The Bertz CT molecular complexity index is 668. The Morgan fingerprint density at radius 1 is 1.33 bits per heavy atom. The van der Waals surface area contributed by atoms with E-state index in [1.807, 2.05) is 6.26 Å². The second-order valence-electron chi connectivity index (χ2n) is 3.91. The quantitative estimate of drug-likeness (QED) is 0.823. The molecule has 6 nitrogen and oxygen atoms in total. The monoisotopic (exact) mass is 323 g/mol. The summed E-state index contributed by atoms with van der Waals surface area (Å²) in [7, 11) is 1.55. The van der Waals surface area contributed by atoms with E-state index in [0.717, 1.165) is 0 Å². The molecule has 3 N–H and O–H groups in total. The number of amides is 2. The molecule has 8 heteroatoms. The Balaban J connectivity index is 2.22. The molecule has 0 saturated heterocycles. The average molecular weight is 323 g/mol. The topological polar surface area (TPSA) is 94.3 Å². The molecule has 21 heavy (non-hydrogen) atoms. The highest BCUT2D eigenvalue weighted by Gasteiger charge is 2.18. The molecular weight excluding hydrogens is 310 g/mol. The second kappa shape index (κ2) is 6.59. The summed E-state index contributed by atoms with van der Waals surface area (Å²) in [5.41, 5.74) is 5.79. The number of benzene rings is 1. The van der Waals surface area contributed by atoms with Gasteiger partial charge in [0.25, 0.3) is 11.8 Å². The standard InChI is InChI=1S/C13H13N3O3S2/c1-19-8-5-3-7(4-6-8)11(18)16-12-9(10(14)17)15-13(20-2)21-12/h3-6H,1-2H3,(H2,14,17)(H,16,18). The molecule has 1 aromatic carbocycles. The van der Waals surface area contributed by atoms with Gasteiger partial charge in [0, 0.05) is 5.56 Å². The maximum Gasteiger partial charge on any atom is 0.270 e. The van der Waals surface area contributed by atoms with Gasteiger partial charge >= 0.3 is 0 Å². The highest BCUT2D eigenvalue weighted by atomic mass is 32.2. The third-order valence-electron chi connectivity index (χ3n) is 2.59. The fourth-order valence-corrected chi connectivity index (χ4v) is 3.02. The van der Waals surface area contributed by atoms with Crippen molar-refractivity contribution in [2.45, 2.75) is 4.34 Å². The van der Waals surface area contributed by atoms with Gasteiger partial charge in [0.2, 0.25) is 0 Å². The average Bonchev–Trinajstić information content (AvgIpc) is 2.90. The summed E-state index contributed by atoms with van der Waals surface area (Å²) in [6.45, 7) is 0. The zero-order valence-corrected chi connectivity index (χ0v) is 13.0. The van der Waals surface area contributed by atoms with Crippen LogP contribution in [-0.4, -0.2) is 30.2 Å². The van der Waals surface area contributed by atoms with Crippen LogP contribution in [0, 0.1) is 0 Å². The number of aromatic nitrogens is 1. The lowest BCUT2D eigenvalue weighted by Crippen LogP contribution is -2.17. The molecule has 1 aromatic heterocycles. The van der Waals surface area contributed by atoms with Crippen molar-refractivity contribution in [3.05, 3.63) is 35.5 Å². The molecule has 2 aromatic rings. The normalized spacial score (nSPS) is 10.2. The molecule has 1 heterocycles. The van der Waals surface area contributed by atoms with Gasteiger partial charge in [-0.15, -0.1) is 0 Å². The van der Waals surface area contributed by atoms with Crippen molar-refractivity contribution in [3.8, 4) is 5.75 Å². The van der Waals surface area contributed by atoms with Gasteiger partial charge in [-0.3, -0.25) is 9.59 Å². The number of rotatable bonds is 5. The number of thioether (sulfide) groups is 1. The van der Waals surface area contributed by atoms with Crippen LogP contribution in [0.1, 0.15) is 20.8 Å². The SMILES string of the molecule is COc1ccc(C(=O)Nc2sc(SC)nc2C(N)=O)cc1. The molecule has 0 bridgehead atoms. The Morgan fingerprint density at radius 2 is 2.00 bits per heavy atom. The van der Waals surface area contributed by atoms with Crippen molar-refractivity contribution in [2.75, 3.05) is 18.7 Å². The van der Waals surface area contributed by atoms with Gasteiger partial charge in [0.15, 0.2) is 10.0 Å². The fraction of sp³-hybridized carbons (Fsp3) is 0.154. The highest BCUT2D eigenvalue weighted by molar-refractivity contribution is 8.00. The first-order valence-corrected chi connectivity index (χ1v) is 7.89. The van der Waals surface area contributed by atoms with Crippen LogP contribution >= 0.6 is 23.1 Å². The van der Waals surface area contributed by atoms with E-state index in [1.54, 1.807) is 31.4 Å². The van der Waals surface area contributed by atoms with E-state index in [0.29, 0.717) is 20.7 Å². The molecule has 0 fully saturated rings. The number of ether oxygens (including phenoxy) is 1. The lowest BCUT2D eigenvalue weighted by Gasteiger charge is -2.04. The van der Waals surface area contributed by atoms with Crippen LogP contribution in [0.25, 0.3) is 0 Å².